The number of rotatable bonds is 5. The van der Waals surface area contributed by atoms with Crippen LogP contribution in [0, 0.1) is 0 Å². The molecule has 0 aromatic heterocycles. The lowest BCUT2D eigenvalue weighted by molar-refractivity contribution is 0.399. The molecule has 184 valence electrons. The maximum absolute atomic E-state index is 11.6. The number of anilines is 2. The first-order valence-electron chi connectivity index (χ1n) is 12.0. The molecule has 7 heteroatoms. The van der Waals surface area contributed by atoms with Crippen molar-refractivity contribution in [2.45, 2.75) is 51.2 Å². The van der Waals surface area contributed by atoms with E-state index >= 15 is 0 Å². The quantitative estimate of drug-likeness (QED) is 0.486. The van der Waals surface area contributed by atoms with Crippen LogP contribution in [-0.2, 0) is 15.4 Å². The number of sulfonamides is 1. The average Bonchev–Trinajstić information content (AvgIpc) is 3.16. The summed E-state index contributed by atoms with van der Waals surface area (Å²) < 4.78 is 31.8. The smallest absolute Gasteiger partial charge is 0.229 e. The van der Waals surface area contributed by atoms with Gasteiger partial charge in [-0.15, -0.1) is 0 Å². The minimum absolute atomic E-state index is 0.107. The van der Waals surface area contributed by atoms with Crippen LogP contribution in [-0.4, -0.2) is 34.0 Å². The summed E-state index contributed by atoms with van der Waals surface area (Å²) in [6.45, 7) is 6.64. The predicted molar refractivity (Wildman–Crippen MR) is 145 cm³/mol. The lowest BCUT2D eigenvalue weighted by Crippen LogP contribution is -2.44. The number of nitrogens with one attached hydrogen (secondary N) is 2. The highest BCUT2D eigenvalue weighted by molar-refractivity contribution is 7.92. The minimum Gasteiger partial charge on any atom is -0.496 e. The molecular weight excluding hydrogens is 458 g/mol. The molecule has 3 aromatic rings. The van der Waals surface area contributed by atoms with Crippen LogP contribution in [0.2, 0.25) is 0 Å². The van der Waals surface area contributed by atoms with Crippen molar-refractivity contribution >= 4 is 32.2 Å². The first-order valence-corrected chi connectivity index (χ1v) is 13.9. The van der Waals surface area contributed by atoms with E-state index in [0.29, 0.717) is 17.9 Å². The van der Waals surface area contributed by atoms with Crippen molar-refractivity contribution in [3.8, 4) is 16.9 Å². The van der Waals surface area contributed by atoms with Crippen molar-refractivity contribution < 1.29 is 13.2 Å². The molecule has 0 radical (unpaired) electrons. The van der Waals surface area contributed by atoms with Crippen LogP contribution in [0.25, 0.3) is 21.9 Å². The third-order valence-corrected chi connectivity index (χ3v) is 7.42. The van der Waals surface area contributed by atoms with Gasteiger partial charge in [0.1, 0.15) is 5.75 Å². The maximum Gasteiger partial charge on any atom is 0.229 e. The zero-order valence-electron chi connectivity index (χ0n) is 20.9. The van der Waals surface area contributed by atoms with E-state index in [0.717, 1.165) is 58.0 Å². The Morgan fingerprint density at radius 1 is 1.03 bits per heavy atom. The molecule has 0 saturated carbocycles. The summed E-state index contributed by atoms with van der Waals surface area (Å²) in [7, 11) is -1.59. The van der Waals surface area contributed by atoms with Gasteiger partial charge in [0.2, 0.25) is 10.0 Å². The molecular formula is C28H33N3O3S. The number of hydrogen-bond donors (Lipinski definition) is 2. The molecule has 5 rings (SSSR count). The summed E-state index contributed by atoms with van der Waals surface area (Å²) in [5, 5.41) is 5.69. The molecule has 1 saturated heterocycles. The van der Waals surface area contributed by atoms with Gasteiger partial charge in [-0.1, -0.05) is 45.0 Å². The van der Waals surface area contributed by atoms with Gasteiger partial charge >= 0.3 is 0 Å². The van der Waals surface area contributed by atoms with Crippen molar-refractivity contribution in [1.29, 1.82) is 0 Å². The van der Waals surface area contributed by atoms with E-state index in [1.54, 1.807) is 13.2 Å². The Hall–Kier alpha value is -3.03. The van der Waals surface area contributed by atoms with Crippen LogP contribution in [0.15, 0.2) is 60.8 Å². The molecule has 0 amide bonds. The maximum atomic E-state index is 11.6. The van der Waals surface area contributed by atoms with Gasteiger partial charge in [0.05, 0.1) is 19.5 Å². The van der Waals surface area contributed by atoms with Crippen LogP contribution in [0.5, 0.6) is 5.75 Å². The van der Waals surface area contributed by atoms with Crippen molar-refractivity contribution in [2.75, 3.05) is 23.0 Å². The Balaban J connectivity index is 1.64. The Morgan fingerprint density at radius 2 is 1.77 bits per heavy atom. The summed E-state index contributed by atoms with van der Waals surface area (Å²) in [6.07, 6.45) is 8.20. The Labute approximate surface area is 208 Å². The first kappa shape index (κ1) is 23.7. The Kier molecular flexibility index (Phi) is 5.80. The highest BCUT2D eigenvalue weighted by atomic mass is 32.2. The van der Waals surface area contributed by atoms with Gasteiger partial charge in [-0.05, 0) is 64.9 Å². The summed E-state index contributed by atoms with van der Waals surface area (Å²) in [6, 6.07) is 16.8. The van der Waals surface area contributed by atoms with Gasteiger partial charge in [-0.25, -0.2) is 8.42 Å². The second kappa shape index (κ2) is 8.57. The highest BCUT2D eigenvalue weighted by Gasteiger charge is 2.32. The lowest BCUT2D eigenvalue weighted by atomic mass is 9.83. The van der Waals surface area contributed by atoms with E-state index in [1.807, 2.05) is 18.2 Å². The molecule has 3 aromatic carbocycles. The number of methoxy groups -OCH3 is 1. The normalized spacial score (nSPS) is 19.9. The molecule has 2 atom stereocenters. The van der Waals surface area contributed by atoms with E-state index in [1.165, 1.54) is 0 Å². The third kappa shape index (κ3) is 4.75. The van der Waals surface area contributed by atoms with Crippen molar-refractivity contribution in [1.82, 2.24) is 5.32 Å². The van der Waals surface area contributed by atoms with E-state index in [2.05, 4.69) is 72.3 Å². The van der Waals surface area contributed by atoms with Gasteiger partial charge < -0.3 is 9.64 Å². The molecule has 2 unspecified atom stereocenters. The number of benzene rings is 3. The van der Waals surface area contributed by atoms with Gasteiger partial charge in [0.25, 0.3) is 0 Å². The largest absolute Gasteiger partial charge is 0.496 e. The monoisotopic (exact) mass is 491 g/mol. The van der Waals surface area contributed by atoms with E-state index in [4.69, 9.17) is 4.74 Å². The first-order chi connectivity index (χ1) is 16.5. The number of nitrogens with zero attached hydrogens (tertiary/aromatic N) is 1. The Bertz CT molecular complexity index is 1420. The minimum atomic E-state index is -3.33. The summed E-state index contributed by atoms with van der Waals surface area (Å²) in [5.41, 5.74) is 4.86. The molecule has 2 bridgehead atoms. The van der Waals surface area contributed by atoms with Crippen molar-refractivity contribution in [3.05, 3.63) is 66.4 Å². The molecule has 1 fully saturated rings. The van der Waals surface area contributed by atoms with Crippen LogP contribution < -0.4 is 19.7 Å². The van der Waals surface area contributed by atoms with Crippen LogP contribution in [0.1, 0.15) is 39.2 Å². The molecule has 2 aliphatic rings. The standard InChI is InChI=1S/C28H33N3O3S/c1-28(2,3)25-17-23(31-13-12-21-10-11-26(31)29-21)16-24(27(25)34-4)20-7-6-19-15-22(30-35(5,32)33)9-8-18(19)14-20/h6-9,12-17,21,26,29-30H,10-11H2,1-5H3. The van der Waals surface area contributed by atoms with E-state index in [-0.39, 0.29) is 5.41 Å². The number of fused-ring (bicyclic) bond motifs is 3. The average molecular weight is 492 g/mol. The van der Waals surface area contributed by atoms with Crippen LogP contribution in [0.3, 0.4) is 0 Å². The zero-order valence-corrected chi connectivity index (χ0v) is 21.7. The zero-order chi connectivity index (χ0) is 25.0. The molecule has 2 N–H and O–H groups in total. The fourth-order valence-electron chi connectivity index (χ4n) is 5.13. The number of ether oxygens (including phenoxy) is 1. The van der Waals surface area contributed by atoms with Crippen LogP contribution >= 0.6 is 0 Å². The molecule has 6 nitrogen and oxygen atoms in total. The summed E-state index contributed by atoms with van der Waals surface area (Å²) >= 11 is 0. The number of hydrogen-bond acceptors (Lipinski definition) is 5. The van der Waals surface area contributed by atoms with Gasteiger partial charge in [-0.3, -0.25) is 10.0 Å². The molecule has 0 spiro atoms. The van der Waals surface area contributed by atoms with E-state index in [9.17, 15) is 8.42 Å². The van der Waals surface area contributed by atoms with Gasteiger partial charge in [0.15, 0.2) is 0 Å². The molecule has 0 aliphatic carbocycles. The van der Waals surface area contributed by atoms with E-state index < -0.39 is 10.0 Å². The lowest BCUT2D eigenvalue weighted by Gasteiger charge is -2.34. The topological polar surface area (TPSA) is 70.7 Å². The fraction of sp³-hybridized carbons (Fsp3) is 0.357. The molecule has 2 heterocycles. The molecule has 2 aliphatic heterocycles. The predicted octanol–water partition coefficient (Wildman–Crippen LogP) is 5.60. The third-order valence-electron chi connectivity index (χ3n) is 6.81. The fourth-order valence-corrected chi connectivity index (χ4v) is 5.69. The Morgan fingerprint density at radius 3 is 2.49 bits per heavy atom. The summed E-state index contributed by atoms with van der Waals surface area (Å²) in [5.74, 6) is 0.884. The van der Waals surface area contributed by atoms with Crippen molar-refractivity contribution in [3.63, 3.8) is 0 Å². The van der Waals surface area contributed by atoms with Gasteiger partial charge in [-0.2, -0.15) is 0 Å². The SMILES string of the molecule is COc1c(-c2ccc3cc(NS(C)(=O)=O)ccc3c2)cc(N2C=CC3CCC2N3)cc1C(C)(C)C. The molecule has 35 heavy (non-hydrogen) atoms. The van der Waals surface area contributed by atoms with Gasteiger partial charge in [0, 0.05) is 34.7 Å². The summed E-state index contributed by atoms with van der Waals surface area (Å²) in [4.78, 5) is 2.34. The highest BCUT2D eigenvalue weighted by Crippen LogP contribution is 2.44. The van der Waals surface area contributed by atoms with Crippen molar-refractivity contribution in [2.24, 2.45) is 0 Å². The second-order valence-electron chi connectivity index (χ2n) is 10.6. The second-order valence-corrected chi connectivity index (χ2v) is 12.3. The van der Waals surface area contributed by atoms with Crippen LogP contribution in [0.4, 0.5) is 11.4 Å².